The molecule has 19 heavy (non-hydrogen) atoms. The van der Waals surface area contributed by atoms with Crippen molar-refractivity contribution in [2.24, 2.45) is 17.8 Å². The van der Waals surface area contributed by atoms with Crippen molar-refractivity contribution < 1.29 is 9.53 Å². The monoisotopic (exact) mass is 256 g/mol. The number of hydrogen-bond donors (Lipinski definition) is 0. The number of rotatable bonds is 6. The quantitative estimate of drug-likeness (QED) is 0.314. The summed E-state index contributed by atoms with van der Waals surface area (Å²) in [4.78, 5) is 11.6. The van der Waals surface area contributed by atoms with Gasteiger partial charge in [-0.05, 0) is 42.2 Å². The molecule has 0 aromatic heterocycles. The smallest absolute Gasteiger partial charge is 0.330 e. The van der Waals surface area contributed by atoms with Crippen molar-refractivity contribution in [2.75, 3.05) is 6.61 Å². The first kappa shape index (κ1) is 13.6. The van der Waals surface area contributed by atoms with Crippen molar-refractivity contribution in [1.29, 1.82) is 0 Å². The van der Waals surface area contributed by atoms with Crippen LogP contribution in [0.4, 0.5) is 0 Å². The molecule has 1 saturated carbocycles. The molecule has 2 aliphatic carbocycles. The molecule has 1 fully saturated rings. The molecule has 0 saturated heterocycles. The van der Waals surface area contributed by atoms with Crippen LogP contribution in [-0.2, 0) is 9.53 Å². The summed E-state index contributed by atoms with van der Waals surface area (Å²) in [5, 5.41) is 0. The van der Waals surface area contributed by atoms with Gasteiger partial charge in [-0.1, -0.05) is 43.5 Å². The maximum Gasteiger partial charge on any atom is 0.330 e. The van der Waals surface area contributed by atoms with Gasteiger partial charge in [0.05, 0.1) is 6.61 Å². The third kappa shape index (κ3) is 3.57. The molecule has 2 aliphatic rings. The molecule has 0 heterocycles. The van der Waals surface area contributed by atoms with Crippen LogP contribution >= 0.6 is 0 Å². The minimum absolute atomic E-state index is 0.288. The van der Waals surface area contributed by atoms with E-state index in [9.17, 15) is 4.79 Å². The first-order valence-electron chi connectivity index (χ1n) is 6.71. The highest BCUT2D eigenvalue weighted by molar-refractivity contribution is 5.82. The third-order valence-electron chi connectivity index (χ3n) is 3.81. The fourth-order valence-corrected chi connectivity index (χ4v) is 2.82. The first-order chi connectivity index (χ1) is 9.22. The van der Waals surface area contributed by atoms with E-state index in [1.807, 2.05) is 0 Å². The number of carbonyl (C=O) groups is 1. The molecular formula is C17H20O2. The highest BCUT2D eigenvalue weighted by Gasteiger charge is 2.35. The number of fused-ring (bicyclic) bond motifs is 2. The van der Waals surface area contributed by atoms with Gasteiger partial charge in [-0.15, -0.1) is 0 Å². The second-order valence-electron chi connectivity index (χ2n) is 5.11. The largest absolute Gasteiger partial charge is 0.462 e. The number of hydrogen-bond acceptors (Lipinski definition) is 2. The maximum absolute atomic E-state index is 11.6. The summed E-state index contributed by atoms with van der Waals surface area (Å²) in [5.41, 5.74) is 0.842. The summed E-state index contributed by atoms with van der Waals surface area (Å²) in [6, 6.07) is 0. The summed E-state index contributed by atoms with van der Waals surface area (Å²) in [6.07, 6.45) is 15.2. The molecule has 0 aliphatic heterocycles. The summed E-state index contributed by atoms with van der Waals surface area (Å²) < 4.78 is 5.30. The Morgan fingerprint density at radius 3 is 2.68 bits per heavy atom. The van der Waals surface area contributed by atoms with Crippen LogP contribution in [0.2, 0.25) is 0 Å². The Balaban J connectivity index is 1.77. The average molecular weight is 256 g/mol. The van der Waals surface area contributed by atoms with Crippen molar-refractivity contribution >= 4 is 5.97 Å². The maximum atomic E-state index is 11.6. The van der Waals surface area contributed by atoms with E-state index in [-0.39, 0.29) is 5.97 Å². The molecule has 0 radical (unpaired) electrons. The second-order valence-corrected chi connectivity index (χ2v) is 5.11. The molecule has 3 atom stereocenters. The average Bonchev–Trinajstić information content (AvgIpc) is 3.03. The molecule has 0 N–H and O–H groups in total. The molecule has 100 valence electrons. The van der Waals surface area contributed by atoms with Gasteiger partial charge in [0.25, 0.3) is 0 Å². The zero-order chi connectivity index (χ0) is 13.7. The number of allylic oxidation sites excluding steroid dienone is 7. The number of esters is 1. The molecule has 2 rings (SSSR count). The second kappa shape index (κ2) is 6.37. The normalized spacial score (nSPS) is 28.8. The topological polar surface area (TPSA) is 26.3 Å². The van der Waals surface area contributed by atoms with Gasteiger partial charge >= 0.3 is 5.97 Å². The van der Waals surface area contributed by atoms with Crippen LogP contribution in [0.1, 0.15) is 12.8 Å². The van der Waals surface area contributed by atoms with Crippen molar-refractivity contribution in [1.82, 2.24) is 0 Å². The number of carbonyl (C=O) groups excluding carboxylic acids is 1. The Hall–Kier alpha value is -1.83. The zero-order valence-electron chi connectivity index (χ0n) is 11.1. The lowest BCUT2D eigenvalue weighted by molar-refractivity contribution is -0.139. The summed E-state index contributed by atoms with van der Waals surface area (Å²) in [6.45, 7) is 7.80. The molecule has 2 heteroatoms. The van der Waals surface area contributed by atoms with Gasteiger partial charge in [-0.25, -0.2) is 4.79 Å². The van der Waals surface area contributed by atoms with Crippen molar-refractivity contribution in [3.63, 3.8) is 0 Å². The first-order valence-corrected chi connectivity index (χ1v) is 6.71. The van der Waals surface area contributed by atoms with E-state index in [0.717, 1.165) is 12.0 Å². The minimum atomic E-state index is -0.288. The molecule has 2 bridgehead atoms. The molecule has 0 aromatic carbocycles. The Labute approximate surface area is 114 Å². The van der Waals surface area contributed by atoms with Crippen LogP contribution in [0.25, 0.3) is 0 Å². The van der Waals surface area contributed by atoms with Crippen molar-refractivity contribution in [3.05, 3.63) is 61.3 Å². The van der Waals surface area contributed by atoms with E-state index >= 15 is 0 Å². The van der Waals surface area contributed by atoms with Gasteiger partial charge in [-0.2, -0.15) is 0 Å². The van der Waals surface area contributed by atoms with Crippen LogP contribution in [0.5, 0.6) is 0 Å². The van der Waals surface area contributed by atoms with Gasteiger partial charge in [0.15, 0.2) is 0 Å². The summed E-state index contributed by atoms with van der Waals surface area (Å²) >= 11 is 0. The van der Waals surface area contributed by atoms with Gasteiger partial charge in [-0.3, -0.25) is 0 Å². The predicted octanol–water partition coefficient (Wildman–Crippen LogP) is 3.60. The van der Waals surface area contributed by atoms with Gasteiger partial charge < -0.3 is 4.74 Å². The SMILES string of the molecule is C=C/C=C(C=C)/C=C/C(=O)OCC1CC2C=CC1C2. The van der Waals surface area contributed by atoms with E-state index in [1.165, 1.54) is 12.5 Å². The Morgan fingerprint density at radius 1 is 1.26 bits per heavy atom. The minimum Gasteiger partial charge on any atom is -0.462 e. The summed E-state index contributed by atoms with van der Waals surface area (Å²) in [5.74, 6) is 1.55. The molecule has 0 spiro atoms. The molecule has 0 amide bonds. The lowest BCUT2D eigenvalue weighted by Gasteiger charge is -2.17. The fourth-order valence-electron chi connectivity index (χ4n) is 2.82. The van der Waals surface area contributed by atoms with Gasteiger partial charge in [0.2, 0.25) is 0 Å². The van der Waals surface area contributed by atoms with Crippen molar-refractivity contribution in [2.45, 2.75) is 12.8 Å². The van der Waals surface area contributed by atoms with E-state index < -0.39 is 0 Å². The lowest BCUT2D eigenvalue weighted by Crippen LogP contribution is -2.16. The Morgan fingerprint density at radius 2 is 2.11 bits per heavy atom. The van der Waals surface area contributed by atoms with Crippen LogP contribution in [0, 0.1) is 17.8 Å². The fraction of sp³-hybridized carbons (Fsp3) is 0.353. The van der Waals surface area contributed by atoms with E-state index in [4.69, 9.17) is 4.74 Å². The highest BCUT2D eigenvalue weighted by Crippen LogP contribution is 2.43. The van der Waals surface area contributed by atoms with E-state index in [2.05, 4.69) is 25.3 Å². The Kier molecular flexibility index (Phi) is 4.56. The predicted molar refractivity (Wildman–Crippen MR) is 77.4 cm³/mol. The van der Waals surface area contributed by atoms with Crippen LogP contribution < -0.4 is 0 Å². The Bertz CT molecular complexity index is 454. The van der Waals surface area contributed by atoms with Crippen LogP contribution in [-0.4, -0.2) is 12.6 Å². The van der Waals surface area contributed by atoms with Gasteiger partial charge in [0, 0.05) is 6.08 Å². The van der Waals surface area contributed by atoms with Crippen molar-refractivity contribution in [3.8, 4) is 0 Å². The zero-order valence-corrected chi connectivity index (χ0v) is 11.1. The number of ether oxygens (including phenoxy) is 1. The molecular weight excluding hydrogens is 236 g/mol. The van der Waals surface area contributed by atoms with Crippen LogP contribution in [0.15, 0.2) is 61.3 Å². The molecule has 3 unspecified atom stereocenters. The highest BCUT2D eigenvalue weighted by atomic mass is 16.5. The van der Waals surface area contributed by atoms with E-state index in [1.54, 1.807) is 24.3 Å². The van der Waals surface area contributed by atoms with Crippen LogP contribution in [0.3, 0.4) is 0 Å². The summed E-state index contributed by atoms with van der Waals surface area (Å²) in [7, 11) is 0. The lowest BCUT2D eigenvalue weighted by atomic mass is 9.95. The standard InChI is InChI=1S/C17H20O2/c1-3-5-13(4-2)7-9-17(18)19-12-16-11-14-6-8-15(16)10-14/h3-9,14-16H,1-2,10-12H2/b9-7+,13-5+. The molecule has 0 aromatic rings. The molecule has 2 nitrogen and oxygen atoms in total. The van der Waals surface area contributed by atoms with E-state index in [0.29, 0.717) is 24.4 Å². The third-order valence-corrected chi connectivity index (χ3v) is 3.81. The van der Waals surface area contributed by atoms with Gasteiger partial charge in [0.1, 0.15) is 0 Å².